The third kappa shape index (κ3) is 4.85. The van der Waals surface area contributed by atoms with Crippen molar-refractivity contribution in [3.05, 3.63) is 29.8 Å². The van der Waals surface area contributed by atoms with Crippen LogP contribution in [0.4, 0.5) is 5.69 Å². The van der Waals surface area contributed by atoms with Gasteiger partial charge >= 0.3 is 5.97 Å². The van der Waals surface area contributed by atoms with E-state index in [0.29, 0.717) is 13.2 Å². The Kier molecular flexibility index (Phi) is 7.09. The molecule has 20 heavy (non-hydrogen) atoms. The predicted octanol–water partition coefficient (Wildman–Crippen LogP) is 2.36. The van der Waals surface area contributed by atoms with Crippen molar-refractivity contribution < 1.29 is 9.53 Å². The molecule has 0 radical (unpaired) electrons. The molecule has 1 rings (SSSR count). The topological polar surface area (TPSA) is 41.6 Å². The minimum absolute atomic E-state index is 0.181. The molecular formula is C16H26N2O2. The van der Waals surface area contributed by atoms with Gasteiger partial charge in [-0.15, -0.1) is 0 Å². The highest BCUT2D eigenvalue weighted by Crippen LogP contribution is 2.15. The fourth-order valence-electron chi connectivity index (χ4n) is 2.10. The molecule has 0 heterocycles. The van der Waals surface area contributed by atoms with Gasteiger partial charge in [-0.2, -0.15) is 0 Å². The van der Waals surface area contributed by atoms with Crippen LogP contribution in [-0.2, 0) is 9.53 Å². The SMILES string of the molecule is CCNC(CN(CC)c1ccc(C)cc1)C(=O)OCC. The third-order valence-corrected chi connectivity index (χ3v) is 3.21. The Labute approximate surface area is 122 Å². The molecule has 0 spiro atoms. The lowest BCUT2D eigenvalue weighted by Gasteiger charge is -2.27. The average Bonchev–Trinajstić information content (AvgIpc) is 2.45. The number of ether oxygens (including phenoxy) is 1. The van der Waals surface area contributed by atoms with E-state index in [0.717, 1.165) is 18.8 Å². The van der Waals surface area contributed by atoms with Crippen molar-refractivity contribution in [2.45, 2.75) is 33.7 Å². The molecule has 4 nitrogen and oxygen atoms in total. The Morgan fingerprint density at radius 1 is 1.25 bits per heavy atom. The van der Waals surface area contributed by atoms with E-state index >= 15 is 0 Å². The second kappa shape index (κ2) is 8.59. The summed E-state index contributed by atoms with van der Waals surface area (Å²) < 4.78 is 5.13. The Balaban J connectivity index is 2.77. The second-order valence-electron chi connectivity index (χ2n) is 4.74. The van der Waals surface area contributed by atoms with E-state index in [1.165, 1.54) is 5.56 Å². The minimum atomic E-state index is -0.291. The molecule has 1 aromatic carbocycles. The van der Waals surface area contributed by atoms with Crippen LogP contribution in [0, 0.1) is 6.92 Å². The summed E-state index contributed by atoms with van der Waals surface area (Å²) in [6, 6.07) is 8.07. The Hall–Kier alpha value is -1.55. The largest absolute Gasteiger partial charge is 0.465 e. The van der Waals surface area contributed by atoms with Crippen molar-refractivity contribution in [3.8, 4) is 0 Å². The minimum Gasteiger partial charge on any atom is -0.465 e. The lowest BCUT2D eigenvalue weighted by atomic mass is 10.2. The average molecular weight is 278 g/mol. The smallest absolute Gasteiger partial charge is 0.324 e. The van der Waals surface area contributed by atoms with Gasteiger partial charge in [0.05, 0.1) is 6.61 Å². The number of anilines is 1. The second-order valence-corrected chi connectivity index (χ2v) is 4.74. The molecule has 0 aliphatic heterocycles. The number of hydrogen-bond acceptors (Lipinski definition) is 4. The van der Waals surface area contributed by atoms with Crippen molar-refractivity contribution in [1.82, 2.24) is 5.32 Å². The Morgan fingerprint density at radius 2 is 1.90 bits per heavy atom. The molecule has 1 unspecified atom stereocenters. The molecule has 1 aromatic rings. The van der Waals surface area contributed by atoms with Gasteiger partial charge in [-0.1, -0.05) is 24.6 Å². The summed E-state index contributed by atoms with van der Waals surface area (Å²) in [5.74, 6) is -0.181. The highest BCUT2D eigenvalue weighted by molar-refractivity contribution is 5.76. The van der Waals surface area contributed by atoms with Gasteiger partial charge in [-0.25, -0.2) is 0 Å². The highest BCUT2D eigenvalue weighted by Gasteiger charge is 2.21. The molecule has 0 bridgehead atoms. The van der Waals surface area contributed by atoms with Crippen LogP contribution < -0.4 is 10.2 Å². The third-order valence-electron chi connectivity index (χ3n) is 3.21. The van der Waals surface area contributed by atoms with E-state index in [1.807, 2.05) is 13.8 Å². The number of likely N-dealkylation sites (N-methyl/N-ethyl adjacent to an activating group) is 2. The molecule has 1 N–H and O–H groups in total. The summed E-state index contributed by atoms with van der Waals surface area (Å²) in [5, 5.41) is 3.20. The molecule has 0 aromatic heterocycles. The monoisotopic (exact) mass is 278 g/mol. The fourth-order valence-corrected chi connectivity index (χ4v) is 2.10. The number of esters is 1. The van der Waals surface area contributed by atoms with Crippen LogP contribution >= 0.6 is 0 Å². The molecule has 0 saturated carbocycles. The number of carbonyl (C=O) groups excluding carboxylic acids is 1. The number of nitrogens with one attached hydrogen (secondary N) is 1. The molecule has 1 atom stereocenters. The van der Waals surface area contributed by atoms with E-state index in [2.05, 4.69) is 48.3 Å². The summed E-state index contributed by atoms with van der Waals surface area (Å²) in [5.41, 5.74) is 2.36. The zero-order valence-corrected chi connectivity index (χ0v) is 13.0. The summed E-state index contributed by atoms with van der Waals surface area (Å²) in [6.07, 6.45) is 0. The van der Waals surface area contributed by atoms with Crippen molar-refractivity contribution in [1.29, 1.82) is 0 Å². The first kappa shape index (κ1) is 16.5. The van der Waals surface area contributed by atoms with Gasteiger partial charge in [0.2, 0.25) is 0 Å². The van der Waals surface area contributed by atoms with E-state index in [-0.39, 0.29) is 12.0 Å². The van der Waals surface area contributed by atoms with Gasteiger partial charge in [0, 0.05) is 18.8 Å². The van der Waals surface area contributed by atoms with E-state index in [9.17, 15) is 4.79 Å². The Bertz CT molecular complexity index is 403. The molecule has 0 saturated heterocycles. The molecule has 0 aliphatic rings. The van der Waals surface area contributed by atoms with Crippen LogP contribution in [0.5, 0.6) is 0 Å². The zero-order valence-electron chi connectivity index (χ0n) is 13.0. The molecule has 4 heteroatoms. The lowest BCUT2D eigenvalue weighted by Crippen LogP contribution is -2.47. The van der Waals surface area contributed by atoms with Gasteiger partial charge in [0.15, 0.2) is 0 Å². The number of hydrogen-bond donors (Lipinski definition) is 1. The zero-order chi connectivity index (χ0) is 15.0. The maximum Gasteiger partial charge on any atom is 0.324 e. The standard InChI is InChI=1S/C16H26N2O2/c1-5-17-15(16(19)20-7-3)12-18(6-2)14-10-8-13(4)9-11-14/h8-11,15,17H,5-7,12H2,1-4H3. The number of nitrogens with zero attached hydrogens (tertiary/aromatic N) is 1. The molecular weight excluding hydrogens is 252 g/mol. The van der Waals surface area contributed by atoms with Crippen LogP contribution in [0.25, 0.3) is 0 Å². The number of benzene rings is 1. The van der Waals surface area contributed by atoms with E-state index < -0.39 is 0 Å². The number of aryl methyl sites for hydroxylation is 1. The quantitative estimate of drug-likeness (QED) is 0.741. The van der Waals surface area contributed by atoms with E-state index in [1.54, 1.807) is 0 Å². The normalized spacial score (nSPS) is 12.0. The first-order valence-electron chi connectivity index (χ1n) is 7.33. The van der Waals surface area contributed by atoms with Crippen LogP contribution in [0.2, 0.25) is 0 Å². The maximum atomic E-state index is 12.0. The molecule has 0 amide bonds. The molecule has 0 fully saturated rings. The summed E-state index contributed by atoms with van der Waals surface area (Å²) in [7, 11) is 0. The van der Waals surface area contributed by atoms with Gasteiger partial charge < -0.3 is 15.0 Å². The maximum absolute atomic E-state index is 12.0. The number of rotatable bonds is 8. The summed E-state index contributed by atoms with van der Waals surface area (Å²) in [6.45, 7) is 10.6. The predicted molar refractivity (Wildman–Crippen MR) is 83.2 cm³/mol. The lowest BCUT2D eigenvalue weighted by molar-refractivity contribution is -0.145. The van der Waals surface area contributed by atoms with Gasteiger partial charge in [-0.3, -0.25) is 4.79 Å². The summed E-state index contributed by atoms with van der Waals surface area (Å²) in [4.78, 5) is 14.1. The highest BCUT2D eigenvalue weighted by atomic mass is 16.5. The van der Waals surface area contributed by atoms with Crippen LogP contribution in [0.1, 0.15) is 26.3 Å². The van der Waals surface area contributed by atoms with Crippen molar-refractivity contribution in [3.63, 3.8) is 0 Å². The van der Waals surface area contributed by atoms with Crippen molar-refractivity contribution >= 4 is 11.7 Å². The number of carbonyl (C=O) groups is 1. The van der Waals surface area contributed by atoms with Crippen LogP contribution in [0.15, 0.2) is 24.3 Å². The Morgan fingerprint density at radius 3 is 2.40 bits per heavy atom. The first-order valence-corrected chi connectivity index (χ1v) is 7.33. The summed E-state index contributed by atoms with van der Waals surface area (Å²) >= 11 is 0. The van der Waals surface area contributed by atoms with Crippen LogP contribution in [-0.4, -0.2) is 38.3 Å². The fraction of sp³-hybridized carbons (Fsp3) is 0.562. The van der Waals surface area contributed by atoms with Gasteiger partial charge in [0.1, 0.15) is 6.04 Å². The van der Waals surface area contributed by atoms with Crippen molar-refractivity contribution in [2.75, 3.05) is 31.1 Å². The molecule has 112 valence electrons. The van der Waals surface area contributed by atoms with Gasteiger partial charge in [0.25, 0.3) is 0 Å². The first-order chi connectivity index (χ1) is 9.62. The van der Waals surface area contributed by atoms with E-state index in [4.69, 9.17) is 4.74 Å². The van der Waals surface area contributed by atoms with Gasteiger partial charge in [-0.05, 0) is 39.4 Å². The van der Waals surface area contributed by atoms with Crippen LogP contribution in [0.3, 0.4) is 0 Å². The van der Waals surface area contributed by atoms with Crippen molar-refractivity contribution in [2.24, 2.45) is 0 Å². The molecule has 0 aliphatic carbocycles.